The molecule has 0 aliphatic heterocycles. The van der Waals surface area contributed by atoms with Gasteiger partial charge in [0.2, 0.25) is 5.88 Å². The van der Waals surface area contributed by atoms with Crippen LogP contribution in [0.1, 0.15) is 35.0 Å². The molecule has 21 heavy (non-hydrogen) atoms. The van der Waals surface area contributed by atoms with Gasteiger partial charge in [-0.05, 0) is 18.6 Å². The third-order valence-corrected chi connectivity index (χ3v) is 2.94. The van der Waals surface area contributed by atoms with Gasteiger partial charge in [0.25, 0.3) is 0 Å². The number of aromatic nitrogens is 1. The van der Waals surface area contributed by atoms with Gasteiger partial charge in [-0.2, -0.15) is 0 Å². The molecule has 0 fully saturated rings. The summed E-state index contributed by atoms with van der Waals surface area (Å²) in [6, 6.07) is 9.16. The highest BCUT2D eigenvalue weighted by Crippen LogP contribution is 2.16. The molecule has 1 N–H and O–H groups in total. The number of halogens is 1. The first-order chi connectivity index (χ1) is 10.1. The van der Waals surface area contributed by atoms with Crippen LogP contribution >= 0.6 is 0 Å². The smallest absolute Gasteiger partial charge is 0.335 e. The maximum atomic E-state index is 13.5. The largest absolute Gasteiger partial charge is 0.478 e. The highest BCUT2D eigenvalue weighted by Gasteiger charge is 2.10. The maximum Gasteiger partial charge on any atom is 0.335 e. The first kappa shape index (κ1) is 15.0. The predicted octanol–water partition coefficient (Wildman–Crippen LogP) is 3.45. The molecule has 2 aromatic rings. The lowest BCUT2D eigenvalue weighted by Gasteiger charge is -2.09. The van der Waals surface area contributed by atoms with Gasteiger partial charge >= 0.3 is 5.97 Å². The molecule has 5 heteroatoms. The molecule has 0 aliphatic rings. The number of aromatic carboxylic acids is 1. The Balaban J connectivity index is 2.19. The lowest BCUT2D eigenvalue weighted by molar-refractivity contribution is 0.0696. The summed E-state index contributed by atoms with van der Waals surface area (Å²) in [5, 5.41) is 9.09. The van der Waals surface area contributed by atoms with E-state index in [1.807, 2.05) is 6.92 Å². The summed E-state index contributed by atoms with van der Waals surface area (Å²) in [6.45, 7) is 1.99. The Morgan fingerprint density at radius 1 is 1.33 bits per heavy atom. The summed E-state index contributed by atoms with van der Waals surface area (Å²) in [5.74, 6) is -1.20. The van der Waals surface area contributed by atoms with E-state index in [0.29, 0.717) is 17.7 Å². The number of rotatable bonds is 6. The van der Waals surface area contributed by atoms with E-state index in [0.717, 1.165) is 6.42 Å². The maximum absolute atomic E-state index is 13.5. The van der Waals surface area contributed by atoms with Crippen LogP contribution in [0.3, 0.4) is 0 Å². The van der Waals surface area contributed by atoms with Crippen LogP contribution in [0.2, 0.25) is 0 Å². The van der Waals surface area contributed by atoms with Crippen LogP contribution < -0.4 is 4.74 Å². The van der Waals surface area contributed by atoms with E-state index in [1.165, 1.54) is 18.2 Å². The van der Waals surface area contributed by atoms with E-state index in [4.69, 9.17) is 9.84 Å². The Labute approximate surface area is 122 Å². The van der Waals surface area contributed by atoms with E-state index in [1.54, 1.807) is 18.2 Å². The molecule has 0 saturated heterocycles. The van der Waals surface area contributed by atoms with Crippen LogP contribution in [-0.4, -0.2) is 16.1 Å². The van der Waals surface area contributed by atoms with Crippen LogP contribution in [0.15, 0.2) is 36.4 Å². The second-order valence-electron chi connectivity index (χ2n) is 4.62. The molecular formula is C16H16FNO3. The molecule has 1 aromatic heterocycles. The van der Waals surface area contributed by atoms with Crippen molar-refractivity contribution in [2.45, 2.75) is 26.4 Å². The van der Waals surface area contributed by atoms with Gasteiger partial charge < -0.3 is 9.84 Å². The number of nitrogens with zero attached hydrogens (tertiary/aromatic N) is 1. The number of carbonyl (C=O) groups is 1. The van der Waals surface area contributed by atoms with E-state index in [2.05, 4.69) is 4.98 Å². The van der Waals surface area contributed by atoms with E-state index >= 15 is 0 Å². The monoisotopic (exact) mass is 289 g/mol. The zero-order chi connectivity index (χ0) is 15.2. The zero-order valence-corrected chi connectivity index (χ0v) is 11.7. The molecule has 0 atom stereocenters. The molecule has 0 aliphatic carbocycles. The Kier molecular flexibility index (Phi) is 4.87. The minimum atomic E-state index is -1.04. The quantitative estimate of drug-likeness (QED) is 0.884. The Morgan fingerprint density at radius 2 is 2.10 bits per heavy atom. The van der Waals surface area contributed by atoms with Crippen LogP contribution in [-0.2, 0) is 13.0 Å². The van der Waals surface area contributed by atoms with Crippen molar-refractivity contribution >= 4 is 5.97 Å². The summed E-state index contributed by atoms with van der Waals surface area (Å²) in [7, 11) is 0. The molecule has 0 bridgehead atoms. The highest BCUT2D eigenvalue weighted by atomic mass is 19.1. The normalized spacial score (nSPS) is 10.4. The average molecular weight is 289 g/mol. The Bertz CT molecular complexity index is 643. The molecule has 4 nitrogen and oxygen atoms in total. The minimum Gasteiger partial charge on any atom is -0.478 e. The van der Waals surface area contributed by atoms with Gasteiger partial charge in [0.05, 0.1) is 5.56 Å². The van der Waals surface area contributed by atoms with Crippen molar-refractivity contribution in [2.24, 2.45) is 0 Å². The summed E-state index contributed by atoms with van der Waals surface area (Å²) >= 11 is 0. The standard InChI is InChI=1S/C16H16FNO3/c1-2-5-13-8-12(16(19)20)9-15(18-13)21-10-11-6-3-4-7-14(11)17/h3-4,6-9H,2,5,10H2,1H3,(H,19,20). The van der Waals surface area contributed by atoms with E-state index in [-0.39, 0.29) is 23.9 Å². The molecule has 1 aromatic carbocycles. The molecule has 0 saturated carbocycles. The molecule has 2 rings (SSSR count). The summed E-state index contributed by atoms with van der Waals surface area (Å²) in [6.07, 6.45) is 1.51. The highest BCUT2D eigenvalue weighted by molar-refractivity contribution is 5.88. The second kappa shape index (κ2) is 6.83. The number of hydrogen-bond acceptors (Lipinski definition) is 3. The first-order valence-corrected chi connectivity index (χ1v) is 6.70. The van der Waals surface area contributed by atoms with Gasteiger partial charge in [0.15, 0.2) is 0 Å². The van der Waals surface area contributed by atoms with Gasteiger partial charge in [0, 0.05) is 17.3 Å². The van der Waals surface area contributed by atoms with Crippen molar-refractivity contribution in [1.82, 2.24) is 4.98 Å². The number of carboxylic acid groups (broad SMARTS) is 1. The average Bonchev–Trinajstić information content (AvgIpc) is 2.46. The number of carboxylic acids is 1. The Hall–Kier alpha value is -2.43. The summed E-state index contributed by atoms with van der Waals surface area (Å²) in [4.78, 5) is 15.3. The van der Waals surface area contributed by atoms with Crippen LogP contribution in [0.5, 0.6) is 5.88 Å². The van der Waals surface area contributed by atoms with Crippen molar-refractivity contribution in [3.63, 3.8) is 0 Å². The molecule has 0 amide bonds. The minimum absolute atomic E-state index is 0.00824. The third kappa shape index (κ3) is 4.02. The van der Waals surface area contributed by atoms with Gasteiger partial charge in [0.1, 0.15) is 12.4 Å². The van der Waals surface area contributed by atoms with Gasteiger partial charge in [-0.3, -0.25) is 0 Å². The molecule has 110 valence electrons. The van der Waals surface area contributed by atoms with E-state index < -0.39 is 5.97 Å². The van der Waals surface area contributed by atoms with Crippen molar-refractivity contribution in [1.29, 1.82) is 0 Å². The van der Waals surface area contributed by atoms with Crippen molar-refractivity contribution in [3.05, 3.63) is 59.0 Å². The fraction of sp³-hybridized carbons (Fsp3) is 0.250. The molecular weight excluding hydrogens is 273 g/mol. The zero-order valence-electron chi connectivity index (χ0n) is 11.7. The lowest BCUT2D eigenvalue weighted by Crippen LogP contribution is -2.05. The molecule has 0 spiro atoms. The van der Waals surface area contributed by atoms with E-state index in [9.17, 15) is 9.18 Å². The number of ether oxygens (including phenoxy) is 1. The van der Waals surface area contributed by atoms with Crippen LogP contribution in [0.4, 0.5) is 4.39 Å². The van der Waals surface area contributed by atoms with Crippen LogP contribution in [0.25, 0.3) is 0 Å². The molecule has 1 heterocycles. The van der Waals surface area contributed by atoms with Crippen molar-refractivity contribution < 1.29 is 19.0 Å². The lowest BCUT2D eigenvalue weighted by atomic mass is 10.1. The van der Waals surface area contributed by atoms with Crippen LogP contribution in [0, 0.1) is 5.82 Å². The van der Waals surface area contributed by atoms with Crippen molar-refractivity contribution in [2.75, 3.05) is 0 Å². The second-order valence-corrected chi connectivity index (χ2v) is 4.62. The fourth-order valence-electron chi connectivity index (χ4n) is 1.91. The fourth-order valence-corrected chi connectivity index (χ4v) is 1.91. The van der Waals surface area contributed by atoms with Gasteiger partial charge in [-0.25, -0.2) is 14.2 Å². The van der Waals surface area contributed by atoms with Crippen molar-refractivity contribution in [3.8, 4) is 5.88 Å². The van der Waals surface area contributed by atoms with Gasteiger partial charge in [-0.15, -0.1) is 0 Å². The molecule has 0 unspecified atom stereocenters. The molecule has 0 radical (unpaired) electrons. The Morgan fingerprint density at radius 3 is 2.76 bits per heavy atom. The van der Waals surface area contributed by atoms with Gasteiger partial charge in [-0.1, -0.05) is 31.5 Å². The topological polar surface area (TPSA) is 59.4 Å². The number of pyridine rings is 1. The summed E-state index contributed by atoms with van der Waals surface area (Å²) < 4.78 is 18.9. The third-order valence-electron chi connectivity index (χ3n) is 2.94. The number of aryl methyl sites for hydroxylation is 1. The SMILES string of the molecule is CCCc1cc(C(=O)O)cc(OCc2ccccc2F)n1. The first-order valence-electron chi connectivity index (χ1n) is 6.70. The number of benzene rings is 1. The predicted molar refractivity (Wildman–Crippen MR) is 75.9 cm³/mol. The number of hydrogen-bond donors (Lipinski definition) is 1. The summed E-state index contributed by atoms with van der Waals surface area (Å²) in [5.41, 5.74) is 1.18.